The molecule has 0 radical (unpaired) electrons. The van der Waals surface area contributed by atoms with E-state index in [2.05, 4.69) is 22.3 Å². The topological polar surface area (TPSA) is 54.7 Å². The molecule has 1 saturated heterocycles. The Kier molecular flexibility index (Phi) is 7.38. The van der Waals surface area contributed by atoms with Gasteiger partial charge in [0.1, 0.15) is 11.5 Å². The zero-order valence-corrected chi connectivity index (χ0v) is 16.8. The predicted molar refractivity (Wildman–Crippen MR) is 109 cm³/mol. The molecule has 5 nitrogen and oxygen atoms in total. The number of nitrogens with one attached hydrogen (secondary N) is 1. The van der Waals surface area contributed by atoms with Crippen molar-refractivity contribution in [3.8, 4) is 0 Å². The molecule has 2 atom stereocenters. The van der Waals surface area contributed by atoms with Gasteiger partial charge in [-0.2, -0.15) is 0 Å². The van der Waals surface area contributed by atoms with E-state index in [0.29, 0.717) is 19.8 Å². The number of thioether (sulfide) groups is 1. The van der Waals surface area contributed by atoms with Crippen LogP contribution in [0.15, 0.2) is 46.9 Å². The summed E-state index contributed by atoms with van der Waals surface area (Å²) in [5.41, 5.74) is 1.24. The van der Waals surface area contributed by atoms with Crippen LogP contribution < -0.4 is 5.32 Å². The molecular weight excluding hydrogens is 360 g/mol. The van der Waals surface area contributed by atoms with Gasteiger partial charge >= 0.3 is 0 Å². The molecule has 27 heavy (non-hydrogen) atoms. The molecule has 1 aliphatic heterocycles. The second-order valence-electron chi connectivity index (χ2n) is 6.80. The molecule has 3 rings (SSSR count). The first-order valence-corrected chi connectivity index (χ1v) is 10.5. The minimum Gasteiger partial charge on any atom is -0.465 e. The molecule has 2 heterocycles. The van der Waals surface area contributed by atoms with Crippen LogP contribution in [-0.2, 0) is 15.3 Å². The van der Waals surface area contributed by atoms with Crippen LogP contribution in [0, 0.1) is 6.92 Å². The van der Waals surface area contributed by atoms with Crippen molar-refractivity contribution in [1.82, 2.24) is 10.2 Å². The van der Waals surface area contributed by atoms with Crippen LogP contribution in [0.25, 0.3) is 0 Å². The molecule has 0 aliphatic carbocycles. The van der Waals surface area contributed by atoms with Gasteiger partial charge < -0.3 is 14.5 Å². The highest BCUT2D eigenvalue weighted by atomic mass is 32.2. The number of amides is 1. The van der Waals surface area contributed by atoms with E-state index in [-0.39, 0.29) is 17.2 Å². The van der Waals surface area contributed by atoms with Crippen molar-refractivity contribution in [3.05, 3.63) is 59.5 Å². The van der Waals surface area contributed by atoms with Gasteiger partial charge in [0.15, 0.2) is 0 Å². The minimum atomic E-state index is -0.103. The Balaban J connectivity index is 1.54. The average Bonchev–Trinajstić information content (AvgIpc) is 3.13. The highest BCUT2D eigenvalue weighted by molar-refractivity contribution is 7.99. The lowest BCUT2D eigenvalue weighted by Crippen LogP contribution is -2.44. The Labute approximate surface area is 165 Å². The second kappa shape index (κ2) is 9.97. The van der Waals surface area contributed by atoms with Crippen LogP contribution in [0.5, 0.6) is 0 Å². The third-order valence-corrected chi connectivity index (χ3v) is 5.97. The quantitative estimate of drug-likeness (QED) is 0.751. The Morgan fingerprint density at radius 1 is 1.19 bits per heavy atom. The van der Waals surface area contributed by atoms with Crippen molar-refractivity contribution in [2.75, 3.05) is 32.8 Å². The summed E-state index contributed by atoms with van der Waals surface area (Å²) < 4.78 is 11.3. The summed E-state index contributed by atoms with van der Waals surface area (Å²) in [6.07, 6.45) is 0. The Morgan fingerprint density at radius 2 is 1.93 bits per heavy atom. The highest BCUT2D eigenvalue weighted by Crippen LogP contribution is 2.24. The normalized spacial score (nSPS) is 17.4. The Hall–Kier alpha value is -1.76. The third kappa shape index (κ3) is 5.86. The number of morpholine rings is 1. The predicted octanol–water partition coefficient (Wildman–Crippen LogP) is 3.40. The molecule has 1 fully saturated rings. The van der Waals surface area contributed by atoms with Gasteiger partial charge in [-0.15, -0.1) is 11.8 Å². The van der Waals surface area contributed by atoms with Crippen LogP contribution in [0.1, 0.15) is 30.0 Å². The molecular formula is C21H28N2O3S. The molecule has 1 amide bonds. The van der Waals surface area contributed by atoms with Crippen molar-refractivity contribution < 1.29 is 13.9 Å². The zero-order valence-electron chi connectivity index (χ0n) is 16.0. The van der Waals surface area contributed by atoms with Crippen molar-refractivity contribution in [3.63, 3.8) is 0 Å². The Bertz CT molecular complexity index is 713. The smallest absolute Gasteiger partial charge is 0.232 e. The van der Waals surface area contributed by atoms with Gasteiger partial charge in [-0.25, -0.2) is 0 Å². The third-order valence-electron chi connectivity index (χ3n) is 4.76. The standard InChI is InChI=1S/C21H28N2O3S/c1-16-8-9-20(26-16)19(23-10-12-25-13-11-23)14-22-21(24)17(2)27-15-18-6-4-3-5-7-18/h3-9,17,19H,10-15H2,1-2H3,(H,22,24)/t17-,19-/m1/s1. The number of rotatable bonds is 8. The van der Waals surface area contributed by atoms with Crippen molar-refractivity contribution in [2.24, 2.45) is 0 Å². The second-order valence-corrected chi connectivity index (χ2v) is 8.13. The SMILES string of the molecule is Cc1ccc([C@@H](CNC(=O)[C@@H](C)SCc2ccccc2)N2CCOCC2)o1. The minimum absolute atomic E-state index is 0.0397. The fourth-order valence-electron chi connectivity index (χ4n) is 3.14. The first-order valence-electron chi connectivity index (χ1n) is 9.45. The largest absolute Gasteiger partial charge is 0.465 e. The fraction of sp³-hybridized carbons (Fsp3) is 0.476. The number of carbonyl (C=O) groups excluding carboxylic acids is 1. The number of nitrogens with zero attached hydrogens (tertiary/aromatic N) is 1. The van der Waals surface area contributed by atoms with Crippen LogP contribution in [-0.4, -0.2) is 48.9 Å². The maximum absolute atomic E-state index is 12.6. The monoisotopic (exact) mass is 388 g/mol. The number of hydrogen-bond donors (Lipinski definition) is 1. The number of ether oxygens (including phenoxy) is 1. The van der Waals surface area contributed by atoms with Crippen molar-refractivity contribution in [2.45, 2.75) is 30.9 Å². The van der Waals surface area contributed by atoms with E-state index in [4.69, 9.17) is 9.15 Å². The number of aryl methyl sites for hydroxylation is 1. The first kappa shape index (κ1) is 20.0. The molecule has 1 aromatic carbocycles. The molecule has 146 valence electrons. The Morgan fingerprint density at radius 3 is 2.59 bits per heavy atom. The summed E-state index contributed by atoms with van der Waals surface area (Å²) in [6, 6.07) is 14.3. The molecule has 0 bridgehead atoms. The molecule has 0 spiro atoms. The van der Waals surface area contributed by atoms with E-state index in [0.717, 1.165) is 30.4 Å². The molecule has 1 aromatic heterocycles. The molecule has 0 saturated carbocycles. The van der Waals surface area contributed by atoms with Crippen LogP contribution in [0.4, 0.5) is 0 Å². The summed E-state index contributed by atoms with van der Waals surface area (Å²) in [4.78, 5) is 14.9. The van der Waals surface area contributed by atoms with Gasteiger partial charge in [-0.3, -0.25) is 9.69 Å². The molecule has 6 heteroatoms. The molecule has 2 aromatic rings. The van der Waals surface area contributed by atoms with E-state index in [1.807, 2.05) is 44.2 Å². The van der Waals surface area contributed by atoms with E-state index in [1.54, 1.807) is 11.8 Å². The van der Waals surface area contributed by atoms with Gasteiger partial charge in [0.25, 0.3) is 0 Å². The first-order chi connectivity index (χ1) is 13.1. The summed E-state index contributed by atoms with van der Waals surface area (Å²) in [7, 11) is 0. The fourth-order valence-corrected chi connectivity index (χ4v) is 4.01. The molecule has 0 unspecified atom stereocenters. The number of hydrogen-bond acceptors (Lipinski definition) is 5. The van der Waals surface area contributed by atoms with Gasteiger partial charge in [-0.1, -0.05) is 30.3 Å². The number of benzene rings is 1. The highest BCUT2D eigenvalue weighted by Gasteiger charge is 2.26. The lowest BCUT2D eigenvalue weighted by molar-refractivity contribution is -0.120. The summed E-state index contributed by atoms with van der Waals surface area (Å²) >= 11 is 1.66. The maximum Gasteiger partial charge on any atom is 0.232 e. The summed E-state index contributed by atoms with van der Waals surface area (Å²) in [5, 5.41) is 3.02. The van der Waals surface area contributed by atoms with Gasteiger partial charge in [-0.05, 0) is 31.5 Å². The van der Waals surface area contributed by atoms with E-state index in [1.165, 1.54) is 5.56 Å². The number of furan rings is 1. The van der Waals surface area contributed by atoms with Crippen LogP contribution in [0.3, 0.4) is 0 Å². The van der Waals surface area contributed by atoms with Crippen LogP contribution in [0.2, 0.25) is 0 Å². The lowest BCUT2D eigenvalue weighted by Gasteiger charge is -2.33. The lowest BCUT2D eigenvalue weighted by atomic mass is 10.1. The average molecular weight is 389 g/mol. The van der Waals surface area contributed by atoms with Crippen molar-refractivity contribution in [1.29, 1.82) is 0 Å². The molecule has 1 N–H and O–H groups in total. The molecule has 1 aliphatic rings. The van der Waals surface area contributed by atoms with Crippen molar-refractivity contribution >= 4 is 17.7 Å². The maximum atomic E-state index is 12.6. The van der Waals surface area contributed by atoms with Crippen LogP contribution >= 0.6 is 11.8 Å². The number of carbonyl (C=O) groups is 1. The van der Waals surface area contributed by atoms with Gasteiger partial charge in [0.05, 0.1) is 24.5 Å². The van der Waals surface area contributed by atoms with Gasteiger partial charge in [0, 0.05) is 25.4 Å². The van der Waals surface area contributed by atoms with E-state index in [9.17, 15) is 4.79 Å². The summed E-state index contributed by atoms with van der Waals surface area (Å²) in [5.74, 6) is 2.69. The van der Waals surface area contributed by atoms with Gasteiger partial charge in [0.2, 0.25) is 5.91 Å². The summed E-state index contributed by atoms with van der Waals surface area (Å²) in [6.45, 7) is 7.57. The van der Waals surface area contributed by atoms with E-state index >= 15 is 0 Å². The zero-order chi connectivity index (χ0) is 19.1. The van der Waals surface area contributed by atoms with E-state index < -0.39 is 0 Å².